The molecule has 19 heteroatoms. The van der Waals surface area contributed by atoms with Gasteiger partial charge in [-0.2, -0.15) is 0 Å². The van der Waals surface area contributed by atoms with E-state index in [9.17, 15) is 43.2 Å². The van der Waals surface area contributed by atoms with Crippen LogP contribution in [-0.4, -0.2) is 96.7 Å². The molecule has 2 unspecified atom stereocenters. The first-order valence-electron chi connectivity index (χ1n) is 38.9. The molecule has 562 valence electrons. The third kappa shape index (κ3) is 69.5. The van der Waals surface area contributed by atoms with Gasteiger partial charge in [0.15, 0.2) is 12.2 Å². The Morgan fingerprint density at radius 2 is 0.479 bits per heavy atom. The minimum Gasteiger partial charge on any atom is -0.462 e. The summed E-state index contributed by atoms with van der Waals surface area (Å²) in [7, 11) is -9.94. The molecule has 0 bridgehead atoms. The van der Waals surface area contributed by atoms with Gasteiger partial charge in [-0.15, -0.1) is 0 Å². The van der Waals surface area contributed by atoms with Gasteiger partial charge in [0.2, 0.25) is 0 Å². The van der Waals surface area contributed by atoms with Crippen molar-refractivity contribution in [2.45, 2.75) is 380 Å². The first kappa shape index (κ1) is 93.0. The summed E-state index contributed by atoms with van der Waals surface area (Å²) in [6.07, 6.45) is 66.6. The van der Waals surface area contributed by atoms with Crippen molar-refractivity contribution in [3.05, 3.63) is 48.6 Å². The van der Waals surface area contributed by atoms with Crippen molar-refractivity contribution in [1.82, 2.24) is 0 Å². The van der Waals surface area contributed by atoms with Crippen LogP contribution in [0.3, 0.4) is 0 Å². The number of phosphoric acid groups is 2. The predicted molar refractivity (Wildman–Crippen MR) is 390 cm³/mol. The molecular weight excluding hydrogens is 1260 g/mol. The van der Waals surface area contributed by atoms with Gasteiger partial charge in [0.25, 0.3) is 0 Å². The summed E-state index contributed by atoms with van der Waals surface area (Å²) < 4.78 is 68.5. The maximum atomic E-state index is 13.1. The molecule has 0 aliphatic rings. The average Bonchev–Trinajstić information content (AvgIpc) is 1.36. The number of carbonyl (C=O) groups is 4. The largest absolute Gasteiger partial charge is 0.472 e. The van der Waals surface area contributed by atoms with Crippen LogP contribution in [-0.2, 0) is 65.4 Å². The van der Waals surface area contributed by atoms with Crippen LogP contribution in [0.2, 0.25) is 0 Å². The zero-order chi connectivity index (χ0) is 70.4. The fraction of sp³-hybridized carbons (Fsp3) is 0.844. The number of carbonyl (C=O) groups excluding carboxylic acids is 4. The maximum absolute atomic E-state index is 13.1. The molecule has 0 spiro atoms. The highest BCUT2D eigenvalue weighted by atomic mass is 31.2. The predicted octanol–water partition coefficient (Wildman–Crippen LogP) is 22.1. The Labute approximate surface area is 585 Å². The van der Waals surface area contributed by atoms with E-state index in [1.54, 1.807) is 0 Å². The normalized spacial score (nSPS) is 14.2. The monoisotopic (exact) mass is 1400 g/mol. The van der Waals surface area contributed by atoms with Crippen molar-refractivity contribution in [3.63, 3.8) is 0 Å². The van der Waals surface area contributed by atoms with Crippen LogP contribution in [0.15, 0.2) is 48.6 Å². The maximum Gasteiger partial charge on any atom is 0.472 e. The number of rotatable bonds is 74. The van der Waals surface area contributed by atoms with Crippen LogP contribution in [0.4, 0.5) is 0 Å². The number of phosphoric ester groups is 2. The molecule has 17 nitrogen and oxygen atoms in total. The topological polar surface area (TPSA) is 237 Å². The highest BCUT2D eigenvalue weighted by Gasteiger charge is 2.30. The number of unbranched alkanes of at least 4 members (excludes halogenated alkanes) is 40. The van der Waals surface area contributed by atoms with E-state index in [1.807, 2.05) is 0 Å². The summed E-state index contributed by atoms with van der Waals surface area (Å²) in [5.74, 6) is -2.17. The molecule has 0 aromatic carbocycles. The lowest BCUT2D eigenvalue weighted by Gasteiger charge is -2.21. The lowest BCUT2D eigenvalue weighted by molar-refractivity contribution is -0.161. The van der Waals surface area contributed by atoms with Gasteiger partial charge in [0.05, 0.1) is 26.4 Å². The SMILES string of the molecule is CCCCCC/C=C\CCCCCCCCCC(=O)OC[C@H](COP(=O)(O)OC[C@@H](O)COP(=O)(O)OC[C@@H](COC(=O)CCCCCCC/C=C\CCCCCC)OC(=O)CCCCCCC/C=C\CCCCCC)OC(=O)CCCCCCCCC/C=C\CCCCCC. The summed E-state index contributed by atoms with van der Waals surface area (Å²) >= 11 is 0. The van der Waals surface area contributed by atoms with Gasteiger partial charge in [-0.3, -0.25) is 37.3 Å². The Hall–Kier alpha value is -2.98. The number of aliphatic hydroxyl groups excluding tert-OH is 1. The Bertz CT molecular complexity index is 2010. The molecule has 3 N–H and O–H groups in total. The Kier molecular flexibility index (Phi) is 68.3. The second kappa shape index (κ2) is 70.5. The molecule has 0 aliphatic heterocycles. The van der Waals surface area contributed by atoms with Gasteiger partial charge < -0.3 is 33.8 Å². The summed E-state index contributed by atoms with van der Waals surface area (Å²) in [6.45, 7) is 4.85. The molecule has 0 saturated heterocycles. The lowest BCUT2D eigenvalue weighted by Crippen LogP contribution is -2.30. The highest BCUT2D eigenvalue weighted by molar-refractivity contribution is 7.47. The number of ether oxygens (including phenoxy) is 4. The molecule has 0 aliphatic carbocycles. The first-order valence-corrected chi connectivity index (χ1v) is 41.9. The zero-order valence-electron chi connectivity index (χ0n) is 61.3. The number of allylic oxidation sites excluding steroid dienone is 8. The Morgan fingerprint density at radius 3 is 0.719 bits per heavy atom. The van der Waals surface area contributed by atoms with E-state index in [0.29, 0.717) is 25.7 Å². The Balaban J connectivity index is 5.32. The van der Waals surface area contributed by atoms with Gasteiger partial charge in [-0.05, 0) is 128 Å². The standard InChI is InChI=1S/C77H142O17P2/c1-5-9-13-17-21-25-29-33-35-39-42-46-50-54-58-62-75(80)88-68-73(94-77(82)64-60-56-52-48-44-40-36-34-30-26-22-18-14-10-6-2)70-92-96(85,86)90-66-71(78)65-89-95(83,84)91-69-72(93-76(81)63-59-55-51-47-43-38-32-28-24-20-16-12-8-4)67-87-74(79)61-57-53-49-45-41-37-31-27-23-19-15-11-7-3/h25-32,71-73,78H,5-24,33-70H2,1-4H3,(H,83,84)(H,85,86)/b29-25-,30-26-,31-27-,32-28-/t71-,72+,73+/m0/s1. The minimum absolute atomic E-state index is 0.0881. The highest BCUT2D eigenvalue weighted by Crippen LogP contribution is 2.45. The number of aliphatic hydroxyl groups is 1. The molecular formula is C77H142O17P2. The van der Waals surface area contributed by atoms with E-state index in [2.05, 4.69) is 76.3 Å². The van der Waals surface area contributed by atoms with Crippen molar-refractivity contribution in [1.29, 1.82) is 0 Å². The van der Waals surface area contributed by atoms with Gasteiger partial charge in [-0.25, -0.2) is 9.13 Å². The van der Waals surface area contributed by atoms with Gasteiger partial charge in [0.1, 0.15) is 19.3 Å². The smallest absolute Gasteiger partial charge is 0.462 e. The van der Waals surface area contributed by atoms with Crippen LogP contribution in [0.5, 0.6) is 0 Å². The van der Waals surface area contributed by atoms with E-state index in [0.717, 1.165) is 167 Å². The second-order valence-corrected chi connectivity index (χ2v) is 29.2. The summed E-state index contributed by atoms with van der Waals surface area (Å²) in [4.78, 5) is 72.8. The summed E-state index contributed by atoms with van der Waals surface area (Å²) in [5, 5.41) is 10.6. The van der Waals surface area contributed by atoms with Crippen LogP contribution >= 0.6 is 15.6 Å². The Morgan fingerprint density at radius 1 is 0.281 bits per heavy atom. The molecule has 0 rings (SSSR count). The van der Waals surface area contributed by atoms with Crippen molar-refractivity contribution in [2.75, 3.05) is 39.6 Å². The third-order valence-electron chi connectivity index (χ3n) is 16.7. The molecule has 0 radical (unpaired) electrons. The number of esters is 4. The summed E-state index contributed by atoms with van der Waals surface area (Å²) in [5.41, 5.74) is 0. The van der Waals surface area contributed by atoms with Crippen molar-refractivity contribution in [2.24, 2.45) is 0 Å². The van der Waals surface area contributed by atoms with Crippen LogP contribution in [0.25, 0.3) is 0 Å². The van der Waals surface area contributed by atoms with Gasteiger partial charge >= 0.3 is 39.5 Å². The van der Waals surface area contributed by atoms with Crippen molar-refractivity contribution < 1.29 is 80.2 Å². The number of hydrogen-bond donors (Lipinski definition) is 3. The van der Waals surface area contributed by atoms with E-state index in [4.69, 9.17) is 37.0 Å². The van der Waals surface area contributed by atoms with Crippen LogP contribution < -0.4 is 0 Å². The molecule has 96 heavy (non-hydrogen) atoms. The lowest BCUT2D eigenvalue weighted by atomic mass is 10.1. The molecule has 0 heterocycles. The van der Waals surface area contributed by atoms with Crippen LogP contribution in [0.1, 0.15) is 362 Å². The molecule has 0 aromatic heterocycles. The zero-order valence-corrected chi connectivity index (χ0v) is 63.1. The quantitative estimate of drug-likeness (QED) is 0.0169. The number of hydrogen-bond acceptors (Lipinski definition) is 15. The minimum atomic E-state index is -4.97. The van der Waals surface area contributed by atoms with E-state index < -0.39 is 97.5 Å². The van der Waals surface area contributed by atoms with Gasteiger partial charge in [-0.1, -0.05) is 256 Å². The molecule has 0 aromatic rings. The fourth-order valence-electron chi connectivity index (χ4n) is 10.7. The van der Waals surface area contributed by atoms with Gasteiger partial charge in [0, 0.05) is 25.7 Å². The van der Waals surface area contributed by atoms with Crippen molar-refractivity contribution in [3.8, 4) is 0 Å². The molecule has 0 saturated carbocycles. The van der Waals surface area contributed by atoms with Crippen LogP contribution in [0, 0.1) is 0 Å². The van der Waals surface area contributed by atoms with E-state index >= 15 is 0 Å². The summed E-state index contributed by atoms with van der Waals surface area (Å²) in [6, 6.07) is 0. The first-order chi connectivity index (χ1) is 46.7. The van der Waals surface area contributed by atoms with E-state index in [1.165, 1.54) is 116 Å². The average molecular weight is 1400 g/mol. The third-order valence-corrected chi connectivity index (χ3v) is 18.6. The molecule has 0 fully saturated rings. The van der Waals surface area contributed by atoms with E-state index in [-0.39, 0.29) is 25.7 Å². The second-order valence-electron chi connectivity index (χ2n) is 26.3. The van der Waals surface area contributed by atoms with Crippen molar-refractivity contribution >= 4 is 39.5 Å². The molecule has 0 amide bonds. The molecule has 5 atom stereocenters. The fourth-order valence-corrected chi connectivity index (χ4v) is 12.3.